The number of alkyl halides is 3. The first-order chi connectivity index (χ1) is 11.7. The smallest absolute Gasteiger partial charge is 0.349 e. The average Bonchev–Trinajstić information content (AvgIpc) is 2.93. The number of benzene rings is 1. The van der Waals surface area contributed by atoms with Gasteiger partial charge in [-0.1, -0.05) is 17.3 Å². The second-order valence-electron chi connectivity index (χ2n) is 5.78. The third-order valence-electron chi connectivity index (χ3n) is 3.87. The predicted octanol–water partition coefficient (Wildman–Crippen LogP) is 1.99. The zero-order valence-corrected chi connectivity index (χ0v) is 14.2. The van der Waals surface area contributed by atoms with Gasteiger partial charge in [-0.25, -0.2) is 4.68 Å². The molecule has 1 heterocycles. The highest BCUT2D eigenvalue weighted by Gasteiger charge is 2.30. The topological polar surface area (TPSA) is 71.8 Å². The first-order valence-corrected chi connectivity index (χ1v) is 7.74. The average molecular weight is 355 g/mol. The number of hydrogen-bond acceptors (Lipinski definition) is 4. The van der Waals surface area contributed by atoms with Crippen LogP contribution in [0.3, 0.4) is 0 Å². The molecule has 136 valence electrons. The van der Waals surface area contributed by atoms with Crippen molar-refractivity contribution >= 4 is 5.91 Å². The van der Waals surface area contributed by atoms with Crippen LogP contribution in [0.5, 0.6) is 0 Å². The van der Waals surface area contributed by atoms with E-state index in [0.717, 1.165) is 12.1 Å². The summed E-state index contributed by atoms with van der Waals surface area (Å²) >= 11 is 0. The molecule has 0 bridgehead atoms. The minimum Gasteiger partial charge on any atom is -0.349 e. The molecule has 6 nitrogen and oxygen atoms in total. The summed E-state index contributed by atoms with van der Waals surface area (Å²) in [5, 5.41) is 13.5. The third-order valence-corrected chi connectivity index (χ3v) is 3.87. The van der Waals surface area contributed by atoms with E-state index in [9.17, 15) is 18.0 Å². The molecule has 0 saturated carbocycles. The predicted molar refractivity (Wildman–Crippen MR) is 86.2 cm³/mol. The minimum atomic E-state index is -4.36. The van der Waals surface area contributed by atoms with Crippen LogP contribution in [-0.4, -0.2) is 40.5 Å². The molecule has 2 aromatic rings. The largest absolute Gasteiger partial charge is 0.416 e. The van der Waals surface area contributed by atoms with Gasteiger partial charge in [0.1, 0.15) is 0 Å². The highest BCUT2D eigenvalue weighted by molar-refractivity contribution is 5.93. The Labute approximate surface area is 143 Å². The van der Waals surface area contributed by atoms with Gasteiger partial charge in [-0.2, -0.15) is 13.2 Å². The van der Waals surface area contributed by atoms with Crippen LogP contribution in [0.2, 0.25) is 0 Å². The molecule has 0 fully saturated rings. The van der Waals surface area contributed by atoms with Crippen molar-refractivity contribution in [2.24, 2.45) is 0 Å². The van der Waals surface area contributed by atoms with Crippen molar-refractivity contribution in [2.75, 3.05) is 13.6 Å². The summed E-state index contributed by atoms with van der Waals surface area (Å²) in [6, 6.07) is 4.94. The molecule has 1 aromatic heterocycles. The normalized spacial score (nSPS) is 12.9. The quantitative estimate of drug-likeness (QED) is 0.831. The summed E-state index contributed by atoms with van der Waals surface area (Å²) in [4.78, 5) is 12.1. The van der Waals surface area contributed by atoms with Gasteiger partial charge in [-0.05, 0) is 38.6 Å². The van der Waals surface area contributed by atoms with Crippen molar-refractivity contribution in [1.82, 2.24) is 25.6 Å². The highest BCUT2D eigenvalue weighted by atomic mass is 19.4. The third kappa shape index (κ3) is 4.79. The van der Waals surface area contributed by atoms with E-state index < -0.39 is 11.7 Å². The molecule has 9 heteroatoms. The molecule has 0 aliphatic carbocycles. The van der Waals surface area contributed by atoms with Gasteiger partial charge in [-0.15, -0.1) is 5.10 Å². The van der Waals surface area contributed by atoms with E-state index in [2.05, 4.69) is 20.9 Å². The van der Waals surface area contributed by atoms with Crippen molar-refractivity contribution in [3.63, 3.8) is 0 Å². The molecule has 0 aliphatic rings. The van der Waals surface area contributed by atoms with Crippen LogP contribution in [0, 0.1) is 6.92 Å². The minimum absolute atomic E-state index is 0.117. The molecule has 1 amide bonds. The molecular formula is C16H20F3N5O. The van der Waals surface area contributed by atoms with E-state index in [1.165, 1.54) is 16.8 Å². The number of halogens is 3. The number of amides is 1. The van der Waals surface area contributed by atoms with Crippen LogP contribution >= 0.6 is 0 Å². The Kier molecular flexibility index (Phi) is 5.78. The number of carbonyl (C=O) groups excluding carboxylic acids is 1. The zero-order valence-electron chi connectivity index (χ0n) is 14.2. The van der Waals surface area contributed by atoms with E-state index >= 15 is 0 Å². The Morgan fingerprint density at radius 1 is 1.28 bits per heavy atom. The summed E-state index contributed by atoms with van der Waals surface area (Å²) < 4.78 is 39.2. The molecule has 1 atom stereocenters. The molecular weight excluding hydrogens is 335 g/mol. The van der Waals surface area contributed by atoms with Crippen molar-refractivity contribution in [1.29, 1.82) is 0 Å². The first kappa shape index (κ1) is 18.9. The molecule has 0 saturated heterocycles. The number of aromatic nitrogens is 3. The fourth-order valence-corrected chi connectivity index (χ4v) is 2.12. The Bertz CT molecular complexity index is 724. The van der Waals surface area contributed by atoms with Gasteiger partial charge < -0.3 is 10.6 Å². The molecule has 2 rings (SSSR count). The summed E-state index contributed by atoms with van der Waals surface area (Å²) in [5.41, 5.74) is 0.687. The van der Waals surface area contributed by atoms with Crippen LogP contribution in [0.1, 0.15) is 34.2 Å². The lowest BCUT2D eigenvalue weighted by Crippen LogP contribution is -2.37. The van der Waals surface area contributed by atoms with Gasteiger partial charge in [-0.3, -0.25) is 4.79 Å². The van der Waals surface area contributed by atoms with Crippen molar-refractivity contribution in [3.8, 4) is 0 Å². The Morgan fingerprint density at radius 2 is 1.92 bits per heavy atom. The molecule has 0 aliphatic heterocycles. The molecule has 0 radical (unpaired) electrons. The van der Waals surface area contributed by atoms with Crippen molar-refractivity contribution in [3.05, 3.63) is 46.8 Å². The maximum absolute atomic E-state index is 12.6. The van der Waals surface area contributed by atoms with Crippen LogP contribution in [0.25, 0.3) is 0 Å². The van der Waals surface area contributed by atoms with Crippen molar-refractivity contribution < 1.29 is 18.0 Å². The number of nitrogens with one attached hydrogen (secondary N) is 2. The second kappa shape index (κ2) is 7.64. The van der Waals surface area contributed by atoms with Gasteiger partial charge in [0.05, 0.1) is 17.8 Å². The molecule has 1 unspecified atom stereocenters. The summed E-state index contributed by atoms with van der Waals surface area (Å²) in [5.74, 6) is -0.335. The van der Waals surface area contributed by atoms with Crippen LogP contribution in [-0.2, 0) is 12.7 Å². The second-order valence-corrected chi connectivity index (χ2v) is 5.78. The number of carbonyl (C=O) groups is 1. The monoisotopic (exact) mass is 355 g/mol. The Hall–Kier alpha value is -2.42. The van der Waals surface area contributed by atoms with Gasteiger partial charge in [0.15, 0.2) is 5.69 Å². The van der Waals surface area contributed by atoms with Gasteiger partial charge in [0.25, 0.3) is 5.91 Å². The van der Waals surface area contributed by atoms with E-state index in [4.69, 9.17) is 0 Å². The molecule has 2 N–H and O–H groups in total. The summed E-state index contributed by atoms with van der Waals surface area (Å²) in [7, 11) is 1.79. The number of rotatable bonds is 6. The lowest BCUT2D eigenvalue weighted by Gasteiger charge is -2.10. The Balaban J connectivity index is 2.07. The van der Waals surface area contributed by atoms with Gasteiger partial charge in [0, 0.05) is 12.6 Å². The zero-order chi connectivity index (χ0) is 18.6. The standard InChI is InChI=1S/C16H20F3N5O/c1-10(20-3)8-21-15(25)14-11(2)24(23-22-14)9-12-4-6-13(7-5-12)16(17,18)19/h4-7,10,20H,8-9H2,1-3H3,(H,21,25). The maximum Gasteiger partial charge on any atom is 0.416 e. The lowest BCUT2D eigenvalue weighted by molar-refractivity contribution is -0.137. The maximum atomic E-state index is 12.6. The first-order valence-electron chi connectivity index (χ1n) is 7.74. The fraction of sp³-hybridized carbons (Fsp3) is 0.438. The molecule has 25 heavy (non-hydrogen) atoms. The van der Waals surface area contributed by atoms with E-state index in [1.807, 2.05) is 6.92 Å². The van der Waals surface area contributed by atoms with E-state index in [0.29, 0.717) is 17.8 Å². The lowest BCUT2D eigenvalue weighted by atomic mass is 10.1. The van der Waals surface area contributed by atoms with E-state index in [1.54, 1.807) is 14.0 Å². The Morgan fingerprint density at radius 3 is 2.48 bits per heavy atom. The van der Waals surface area contributed by atoms with Crippen LogP contribution < -0.4 is 10.6 Å². The number of nitrogens with zero attached hydrogens (tertiary/aromatic N) is 3. The van der Waals surface area contributed by atoms with Crippen LogP contribution in [0.4, 0.5) is 13.2 Å². The van der Waals surface area contributed by atoms with Gasteiger partial charge in [0.2, 0.25) is 0 Å². The van der Waals surface area contributed by atoms with Gasteiger partial charge >= 0.3 is 6.18 Å². The fourth-order valence-electron chi connectivity index (χ4n) is 2.12. The number of hydrogen-bond donors (Lipinski definition) is 2. The summed E-state index contributed by atoms with van der Waals surface area (Å²) in [6.07, 6.45) is -4.36. The number of likely N-dealkylation sites (N-methyl/N-ethyl adjacent to an activating group) is 1. The van der Waals surface area contributed by atoms with Crippen LogP contribution in [0.15, 0.2) is 24.3 Å². The van der Waals surface area contributed by atoms with Crippen molar-refractivity contribution in [2.45, 2.75) is 32.6 Å². The highest BCUT2D eigenvalue weighted by Crippen LogP contribution is 2.29. The van der Waals surface area contributed by atoms with E-state index in [-0.39, 0.29) is 24.2 Å². The molecule has 0 spiro atoms. The molecule has 1 aromatic carbocycles. The summed E-state index contributed by atoms with van der Waals surface area (Å²) in [6.45, 7) is 4.30. The SMILES string of the molecule is CNC(C)CNC(=O)c1nnn(Cc2ccc(C(F)(F)F)cc2)c1C.